The fourth-order valence-corrected chi connectivity index (χ4v) is 1.37. The van der Waals surface area contributed by atoms with E-state index in [1.54, 1.807) is 0 Å². The fraction of sp³-hybridized carbons (Fsp3) is 0.125. The summed E-state index contributed by atoms with van der Waals surface area (Å²) in [5, 5.41) is 8.27. The molecule has 0 spiro atoms. The van der Waals surface area contributed by atoms with Crippen LogP contribution in [-0.2, 0) is 6.18 Å². The second-order valence-electron chi connectivity index (χ2n) is 2.63. The highest BCUT2D eigenvalue weighted by Gasteiger charge is 2.35. The lowest BCUT2D eigenvalue weighted by molar-refractivity contribution is -0.138. The first-order chi connectivity index (χ1) is 6.86. The van der Waals surface area contributed by atoms with Crippen LogP contribution in [0.4, 0.5) is 13.2 Å². The number of alkyl halides is 3. The van der Waals surface area contributed by atoms with Gasteiger partial charge in [-0.15, -0.1) is 0 Å². The van der Waals surface area contributed by atoms with Crippen LogP contribution in [0.1, 0.15) is 15.9 Å². The number of carbonyl (C=O) groups is 1. The number of benzene rings is 1. The Morgan fingerprint density at radius 2 is 2.00 bits per heavy atom. The van der Waals surface area contributed by atoms with Gasteiger partial charge in [-0.1, -0.05) is 15.9 Å². The normalized spacial score (nSPS) is 11.3. The average Bonchev–Trinajstić information content (AvgIpc) is 2.15. The Kier molecular flexibility index (Phi) is 3.35. The largest absolute Gasteiger partial charge is 0.417 e. The van der Waals surface area contributed by atoms with Gasteiger partial charge in [0.2, 0.25) is 0 Å². The number of hydroxylamine groups is 1. The second kappa shape index (κ2) is 4.19. The van der Waals surface area contributed by atoms with E-state index in [1.807, 2.05) is 0 Å². The molecule has 0 unspecified atom stereocenters. The maximum Gasteiger partial charge on any atom is 0.417 e. The quantitative estimate of drug-likeness (QED) is 0.615. The van der Waals surface area contributed by atoms with Crippen molar-refractivity contribution in [2.45, 2.75) is 6.18 Å². The molecule has 0 saturated carbocycles. The molecule has 0 heterocycles. The van der Waals surface area contributed by atoms with Crippen LogP contribution in [0.3, 0.4) is 0 Å². The molecular formula is C8H5BrF3NO2. The lowest BCUT2D eigenvalue weighted by atomic mass is 10.1. The van der Waals surface area contributed by atoms with E-state index < -0.39 is 23.2 Å². The first-order valence-electron chi connectivity index (χ1n) is 3.67. The maximum absolute atomic E-state index is 12.4. The molecule has 0 fully saturated rings. The molecule has 0 atom stereocenters. The zero-order valence-corrected chi connectivity index (χ0v) is 8.69. The van der Waals surface area contributed by atoms with Gasteiger partial charge in [-0.25, -0.2) is 5.48 Å². The third kappa shape index (κ3) is 2.69. The van der Waals surface area contributed by atoms with Crippen LogP contribution in [-0.4, -0.2) is 11.1 Å². The zero-order chi connectivity index (χ0) is 11.6. The molecular weight excluding hydrogens is 279 g/mol. The monoisotopic (exact) mass is 283 g/mol. The van der Waals surface area contributed by atoms with Crippen LogP contribution < -0.4 is 5.48 Å². The first kappa shape index (κ1) is 12.0. The molecule has 1 aromatic carbocycles. The molecule has 3 nitrogen and oxygen atoms in total. The Morgan fingerprint density at radius 3 is 2.47 bits per heavy atom. The second-order valence-corrected chi connectivity index (χ2v) is 3.54. The van der Waals surface area contributed by atoms with Crippen molar-refractivity contribution in [3.8, 4) is 0 Å². The lowest BCUT2D eigenvalue weighted by Gasteiger charge is -2.11. The molecule has 2 N–H and O–H groups in total. The minimum absolute atomic E-state index is 0.198. The molecule has 1 aromatic rings. The summed E-state index contributed by atoms with van der Waals surface area (Å²) in [6.07, 6.45) is -4.65. The van der Waals surface area contributed by atoms with Crippen molar-refractivity contribution >= 4 is 21.8 Å². The van der Waals surface area contributed by atoms with Gasteiger partial charge < -0.3 is 0 Å². The molecule has 0 aliphatic rings. The van der Waals surface area contributed by atoms with E-state index in [-0.39, 0.29) is 4.47 Å². The molecule has 15 heavy (non-hydrogen) atoms. The van der Waals surface area contributed by atoms with E-state index in [4.69, 9.17) is 5.21 Å². The molecule has 0 bridgehead atoms. The smallest absolute Gasteiger partial charge is 0.288 e. The van der Waals surface area contributed by atoms with Crippen LogP contribution in [0.5, 0.6) is 0 Å². The standard InChI is InChI=1S/C8H5BrF3NO2/c9-4-1-2-5(7(14)13-15)6(3-4)8(10,11)12/h1-3,15H,(H,13,14). The Labute approximate surface area is 91.0 Å². The van der Waals surface area contributed by atoms with Crippen molar-refractivity contribution in [3.05, 3.63) is 33.8 Å². The first-order valence-corrected chi connectivity index (χ1v) is 4.46. The Balaban J connectivity index is 3.33. The van der Waals surface area contributed by atoms with Crippen molar-refractivity contribution in [2.75, 3.05) is 0 Å². The van der Waals surface area contributed by atoms with Crippen molar-refractivity contribution in [3.63, 3.8) is 0 Å². The van der Waals surface area contributed by atoms with E-state index >= 15 is 0 Å². The highest BCUT2D eigenvalue weighted by molar-refractivity contribution is 9.10. The molecule has 7 heteroatoms. The highest BCUT2D eigenvalue weighted by atomic mass is 79.9. The summed E-state index contributed by atoms with van der Waals surface area (Å²) in [4.78, 5) is 10.9. The van der Waals surface area contributed by atoms with Gasteiger partial charge in [-0.2, -0.15) is 13.2 Å². The summed E-state index contributed by atoms with van der Waals surface area (Å²) < 4.78 is 37.5. The third-order valence-corrected chi connectivity index (χ3v) is 2.13. The Hall–Kier alpha value is -1.08. The van der Waals surface area contributed by atoms with E-state index in [1.165, 1.54) is 6.07 Å². The average molecular weight is 284 g/mol. The number of carbonyl (C=O) groups excluding carboxylic acids is 1. The highest BCUT2D eigenvalue weighted by Crippen LogP contribution is 2.33. The Morgan fingerprint density at radius 1 is 1.40 bits per heavy atom. The SMILES string of the molecule is O=C(NO)c1ccc(Br)cc1C(F)(F)F. The molecule has 82 valence electrons. The van der Waals surface area contributed by atoms with Crippen molar-refractivity contribution in [2.24, 2.45) is 0 Å². The molecule has 1 amide bonds. The van der Waals surface area contributed by atoms with Crippen LogP contribution in [0.25, 0.3) is 0 Å². The molecule has 1 rings (SSSR count). The zero-order valence-electron chi connectivity index (χ0n) is 7.10. The van der Waals surface area contributed by atoms with Crippen LogP contribution >= 0.6 is 15.9 Å². The molecule has 0 aliphatic heterocycles. The minimum atomic E-state index is -4.65. The van der Waals surface area contributed by atoms with E-state index in [9.17, 15) is 18.0 Å². The Bertz CT molecular complexity index is 392. The van der Waals surface area contributed by atoms with Gasteiger partial charge in [0.1, 0.15) is 0 Å². The molecule has 0 saturated heterocycles. The van der Waals surface area contributed by atoms with Gasteiger partial charge in [-0.3, -0.25) is 10.0 Å². The third-order valence-electron chi connectivity index (χ3n) is 1.63. The summed E-state index contributed by atoms with van der Waals surface area (Å²) in [7, 11) is 0. The number of hydrogen-bond donors (Lipinski definition) is 2. The number of nitrogens with one attached hydrogen (secondary N) is 1. The molecule has 0 radical (unpaired) electrons. The van der Waals surface area contributed by atoms with E-state index in [2.05, 4.69) is 15.9 Å². The van der Waals surface area contributed by atoms with E-state index in [0.717, 1.165) is 17.6 Å². The van der Waals surface area contributed by atoms with Gasteiger partial charge in [0.05, 0.1) is 11.1 Å². The van der Waals surface area contributed by atoms with E-state index in [0.29, 0.717) is 0 Å². The molecule has 0 aliphatic carbocycles. The van der Waals surface area contributed by atoms with Crippen molar-refractivity contribution < 1.29 is 23.2 Å². The minimum Gasteiger partial charge on any atom is -0.288 e. The summed E-state index contributed by atoms with van der Waals surface area (Å²) in [6, 6.07) is 3.02. The molecule has 0 aromatic heterocycles. The maximum atomic E-state index is 12.4. The van der Waals surface area contributed by atoms with Gasteiger partial charge in [0.15, 0.2) is 0 Å². The van der Waals surface area contributed by atoms with Gasteiger partial charge in [-0.05, 0) is 18.2 Å². The van der Waals surface area contributed by atoms with Crippen LogP contribution in [0.2, 0.25) is 0 Å². The lowest BCUT2D eigenvalue weighted by Crippen LogP contribution is -2.23. The van der Waals surface area contributed by atoms with Crippen molar-refractivity contribution in [1.82, 2.24) is 5.48 Å². The topological polar surface area (TPSA) is 49.3 Å². The predicted octanol–water partition coefficient (Wildman–Crippen LogP) is 2.59. The van der Waals surface area contributed by atoms with Gasteiger partial charge in [0, 0.05) is 4.47 Å². The number of amides is 1. The number of halogens is 4. The van der Waals surface area contributed by atoms with Crippen LogP contribution in [0.15, 0.2) is 22.7 Å². The summed E-state index contributed by atoms with van der Waals surface area (Å²) in [5.74, 6) is -1.20. The fourth-order valence-electron chi connectivity index (χ4n) is 1.01. The summed E-state index contributed by atoms with van der Waals surface area (Å²) in [5.41, 5.74) is -0.580. The van der Waals surface area contributed by atoms with Gasteiger partial charge >= 0.3 is 6.18 Å². The van der Waals surface area contributed by atoms with Crippen LogP contribution in [0, 0.1) is 0 Å². The number of rotatable bonds is 1. The number of hydrogen-bond acceptors (Lipinski definition) is 2. The summed E-state index contributed by atoms with van der Waals surface area (Å²) in [6.45, 7) is 0. The summed E-state index contributed by atoms with van der Waals surface area (Å²) >= 11 is 2.87. The predicted molar refractivity (Wildman–Crippen MR) is 48.4 cm³/mol. The van der Waals surface area contributed by atoms with Crippen molar-refractivity contribution in [1.29, 1.82) is 0 Å². The van der Waals surface area contributed by atoms with Gasteiger partial charge in [0.25, 0.3) is 5.91 Å².